The first-order valence-corrected chi connectivity index (χ1v) is 11.3. The van der Waals surface area contributed by atoms with Gasteiger partial charge in [-0.15, -0.1) is 0 Å². The van der Waals surface area contributed by atoms with E-state index in [1.54, 1.807) is 0 Å². The van der Waals surface area contributed by atoms with Crippen LogP contribution in [0.4, 0.5) is 0 Å². The van der Waals surface area contributed by atoms with Gasteiger partial charge in [-0.2, -0.15) is 0 Å². The molecule has 0 aliphatic heterocycles. The lowest BCUT2D eigenvalue weighted by Gasteiger charge is -2.04. The SMILES string of the molecule is C=C(C)/C=C\CC(C)CCC.CC.CCCCC(=O)CC.CI. The number of carbonyl (C=O) groups is 1. The van der Waals surface area contributed by atoms with Crippen LogP contribution in [0.2, 0.25) is 0 Å². The Morgan fingerprint density at radius 1 is 1.13 bits per heavy atom. The number of hydrogen-bond acceptors (Lipinski definition) is 1. The third kappa shape index (κ3) is 39.1. The van der Waals surface area contributed by atoms with Crippen LogP contribution >= 0.6 is 22.6 Å². The Balaban J connectivity index is -0.000000133. The molecule has 0 amide bonds. The molecule has 0 heterocycles. The van der Waals surface area contributed by atoms with Gasteiger partial charge < -0.3 is 0 Å². The van der Waals surface area contributed by atoms with E-state index in [1.165, 1.54) is 19.3 Å². The average molecular weight is 438 g/mol. The van der Waals surface area contributed by atoms with Gasteiger partial charge in [0.1, 0.15) is 5.78 Å². The topological polar surface area (TPSA) is 17.1 Å². The molecule has 0 aliphatic rings. The molecule has 0 aromatic rings. The minimum atomic E-state index is 0.395. The first kappa shape index (κ1) is 30.7. The van der Waals surface area contributed by atoms with E-state index in [-0.39, 0.29) is 0 Å². The zero-order chi connectivity index (χ0) is 19.1. The molecule has 23 heavy (non-hydrogen) atoms. The molecule has 140 valence electrons. The van der Waals surface area contributed by atoms with E-state index in [9.17, 15) is 4.79 Å². The first-order chi connectivity index (χ1) is 11.0. The first-order valence-electron chi connectivity index (χ1n) is 9.19. The van der Waals surface area contributed by atoms with Crippen LogP contribution in [0.15, 0.2) is 24.3 Å². The van der Waals surface area contributed by atoms with Crippen molar-refractivity contribution in [1.82, 2.24) is 0 Å². The summed E-state index contributed by atoms with van der Waals surface area (Å²) < 4.78 is 0. The molecule has 0 aromatic heterocycles. The Kier molecular flexibility index (Phi) is 39.9. The van der Waals surface area contributed by atoms with E-state index in [0.29, 0.717) is 12.2 Å². The number of unbranched alkanes of at least 4 members (excludes halogenated alkanes) is 1. The van der Waals surface area contributed by atoms with Crippen LogP contribution in [0.25, 0.3) is 0 Å². The van der Waals surface area contributed by atoms with E-state index in [2.05, 4.69) is 62.1 Å². The highest BCUT2D eigenvalue weighted by atomic mass is 127. The molecular weight excluding hydrogens is 395 g/mol. The summed E-state index contributed by atoms with van der Waals surface area (Å²) in [6.07, 6.45) is 11.8. The summed E-state index contributed by atoms with van der Waals surface area (Å²) >= 11 is 2.15. The molecule has 0 bridgehead atoms. The maximum atomic E-state index is 10.6. The van der Waals surface area contributed by atoms with Crippen molar-refractivity contribution >= 4 is 28.4 Å². The molecule has 0 saturated heterocycles. The number of rotatable bonds is 9. The number of ketones is 1. The predicted octanol–water partition coefficient (Wildman–Crippen LogP) is 8.18. The summed E-state index contributed by atoms with van der Waals surface area (Å²) in [6.45, 7) is 18.4. The van der Waals surface area contributed by atoms with Crippen molar-refractivity contribution in [2.45, 2.75) is 93.4 Å². The minimum absolute atomic E-state index is 0.395. The Bertz CT molecular complexity index is 257. The van der Waals surface area contributed by atoms with Gasteiger partial charge in [0.05, 0.1) is 0 Å². The minimum Gasteiger partial charge on any atom is -0.300 e. The van der Waals surface area contributed by atoms with Gasteiger partial charge in [-0.3, -0.25) is 4.79 Å². The molecule has 0 aromatic carbocycles. The van der Waals surface area contributed by atoms with Gasteiger partial charge in [0.2, 0.25) is 0 Å². The summed E-state index contributed by atoms with van der Waals surface area (Å²) in [5.74, 6) is 1.22. The molecule has 1 unspecified atom stereocenters. The molecule has 1 nitrogen and oxygen atoms in total. The van der Waals surface area contributed by atoms with E-state index in [4.69, 9.17) is 0 Å². The smallest absolute Gasteiger partial charge is 0.132 e. The van der Waals surface area contributed by atoms with E-state index >= 15 is 0 Å². The Morgan fingerprint density at radius 3 is 2.00 bits per heavy atom. The lowest BCUT2D eigenvalue weighted by atomic mass is 10.0. The molecule has 2 heteroatoms. The highest BCUT2D eigenvalue weighted by Gasteiger charge is 1.95. The Hall–Kier alpha value is -0.120. The van der Waals surface area contributed by atoms with Crippen molar-refractivity contribution in [2.75, 3.05) is 4.93 Å². The quantitative estimate of drug-likeness (QED) is 0.202. The number of halogens is 1. The molecular formula is C21H43IO. The lowest BCUT2D eigenvalue weighted by molar-refractivity contribution is -0.118. The van der Waals surface area contributed by atoms with Gasteiger partial charge in [-0.05, 0) is 30.6 Å². The largest absolute Gasteiger partial charge is 0.300 e. The van der Waals surface area contributed by atoms with Crippen molar-refractivity contribution < 1.29 is 4.79 Å². The molecule has 0 N–H and O–H groups in total. The van der Waals surface area contributed by atoms with Gasteiger partial charge in [0, 0.05) is 12.8 Å². The highest BCUT2D eigenvalue weighted by molar-refractivity contribution is 14.1. The van der Waals surface area contributed by atoms with E-state index in [0.717, 1.165) is 30.8 Å². The van der Waals surface area contributed by atoms with Crippen LogP contribution in [-0.2, 0) is 4.79 Å². The van der Waals surface area contributed by atoms with Crippen molar-refractivity contribution in [1.29, 1.82) is 0 Å². The molecule has 0 saturated carbocycles. The summed E-state index contributed by atoms with van der Waals surface area (Å²) in [5, 5.41) is 0. The van der Waals surface area contributed by atoms with Crippen LogP contribution in [0.3, 0.4) is 0 Å². The van der Waals surface area contributed by atoms with Gasteiger partial charge >= 0.3 is 0 Å². The predicted molar refractivity (Wildman–Crippen MR) is 119 cm³/mol. The second-order valence-electron chi connectivity index (χ2n) is 5.37. The van der Waals surface area contributed by atoms with Crippen LogP contribution in [-0.4, -0.2) is 10.7 Å². The normalized spacial score (nSPS) is 10.3. The average Bonchev–Trinajstić information content (AvgIpc) is 2.56. The maximum absolute atomic E-state index is 10.6. The molecule has 0 aliphatic carbocycles. The third-order valence-corrected chi connectivity index (χ3v) is 2.93. The number of Topliss-reactive ketones (excluding diaryl/α,β-unsaturated/α-hetero) is 1. The molecule has 0 spiro atoms. The second kappa shape index (κ2) is 29.8. The fourth-order valence-corrected chi connectivity index (χ4v) is 1.66. The summed E-state index contributed by atoms with van der Waals surface area (Å²) in [7, 11) is 0. The molecule has 0 fully saturated rings. The Labute approximate surface area is 161 Å². The second-order valence-corrected chi connectivity index (χ2v) is 5.37. The monoisotopic (exact) mass is 438 g/mol. The van der Waals surface area contributed by atoms with Gasteiger partial charge in [0.25, 0.3) is 0 Å². The van der Waals surface area contributed by atoms with Crippen LogP contribution in [0, 0.1) is 5.92 Å². The number of hydrogen-bond donors (Lipinski definition) is 0. The van der Waals surface area contributed by atoms with Crippen molar-refractivity contribution in [3.8, 4) is 0 Å². The van der Waals surface area contributed by atoms with Crippen LogP contribution < -0.4 is 0 Å². The standard InChI is InChI=1S/C11H20.C7H14O.C2H6.CH3I/c1-5-7-11(4)9-6-8-10(2)3;1-3-5-6-7(8)4-2;2*1-2/h6,8,11H,2,5,7,9H2,1,3-4H3;3-6H2,1-2H3;1-2H3;1H3/b8-6-;;;. The highest BCUT2D eigenvalue weighted by Crippen LogP contribution is 2.10. The Morgan fingerprint density at radius 2 is 1.65 bits per heavy atom. The zero-order valence-electron chi connectivity index (χ0n) is 17.2. The fourth-order valence-electron chi connectivity index (χ4n) is 1.66. The molecule has 0 radical (unpaired) electrons. The number of allylic oxidation sites excluding steroid dienone is 3. The molecule has 1 atom stereocenters. The third-order valence-electron chi connectivity index (χ3n) is 2.93. The van der Waals surface area contributed by atoms with Crippen LogP contribution in [0.1, 0.15) is 93.4 Å². The molecule has 0 rings (SSSR count). The van der Waals surface area contributed by atoms with Gasteiger partial charge in [-0.25, -0.2) is 0 Å². The van der Waals surface area contributed by atoms with Crippen LogP contribution in [0.5, 0.6) is 0 Å². The van der Waals surface area contributed by atoms with Gasteiger partial charge in [-0.1, -0.05) is 108 Å². The van der Waals surface area contributed by atoms with E-state index in [1.807, 2.05) is 32.6 Å². The summed E-state index contributed by atoms with van der Waals surface area (Å²) in [4.78, 5) is 12.5. The zero-order valence-corrected chi connectivity index (χ0v) is 19.3. The van der Waals surface area contributed by atoms with Gasteiger partial charge in [0.15, 0.2) is 0 Å². The lowest BCUT2D eigenvalue weighted by Crippen LogP contribution is -1.92. The van der Waals surface area contributed by atoms with Crippen molar-refractivity contribution in [3.05, 3.63) is 24.3 Å². The fraction of sp³-hybridized carbons (Fsp3) is 0.762. The van der Waals surface area contributed by atoms with Crippen molar-refractivity contribution in [2.24, 2.45) is 5.92 Å². The number of alkyl halides is 1. The summed E-state index contributed by atoms with van der Waals surface area (Å²) in [5.41, 5.74) is 1.15. The maximum Gasteiger partial charge on any atom is 0.132 e. The van der Waals surface area contributed by atoms with Crippen molar-refractivity contribution in [3.63, 3.8) is 0 Å². The number of carbonyl (C=O) groups excluding carboxylic acids is 1. The van der Waals surface area contributed by atoms with E-state index < -0.39 is 0 Å². The summed E-state index contributed by atoms with van der Waals surface area (Å²) in [6, 6.07) is 0.